The molecule has 2 atom stereocenters. The monoisotopic (exact) mass is 408 g/mol. The SMILES string of the molecule is O=C(Nc1nc2ccccc2s1)C12CC3c4ccccc4C1c1ccccc1C3C2. The highest BCUT2D eigenvalue weighted by Crippen LogP contribution is 2.70. The van der Waals surface area contributed by atoms with E-state index in [2.05, 4.69) is 64.9 Å². The predicted octanol–water partition coefficient (Wildman–Crippen LogP) is 6.04. The lowest BCUT2D eigenvalue weighted by Gasteiger charge is -2.42. The van der Waals surface area contributed by atoms with Crippen LogP contribution in [-0.4, -0.2) is 10.9 Å². The lowest BCUT2D eigenvalue weighted by molar-refractivity contribution is -0.126. The highest BCUT2D eigenvalue weighted by Gasteiger charge is 2.63. The van der Waals surface area contributed by atoms with Gasteiger partial charge in [-0.2, -0.15) is 0 Å². The third-order valence-electron chi connectivity index (χ3n) is 7.59. The molecule has 1 saturated carbocycles. The zero-order valence-electron chi connectivity index (χ0n) is 16.3. The number of rotatable bonds is 2. The van der Waals surface area contributed by atoms with E-state index < -0.39 is 5.41 Å². The lowest BCUT2D eigenvalue weighted by atomic mass is 9.61. The van der Waals surface area contributed by atoms with Crippen LogP contribution in [0.25, 0.3) is 10.2 Å². The minimum atomic E-state index is -0.393. The number of carbonyl (C=O) groups excluding carboxylic acids is 1. The van der Waals surface area contributed by atoms with Gasteiger partial charge in [0.2, 0.25) is 5.91 Å². The summed E-state index contributed by atoms with van der Waals surface area (Å²) in [6, 6.07) is 25.7. The number of benzene rings is 3. The van der Waals surface area contributed by atoms with E-state index in [-0.39, 0.29) is 11.8 Å². The molecule has 3 aliphatic carbocycles. The molecule has 3 aliphatic rings. The maximum Gasteiger partial charge on any atom is 0.233 e. The summed E-state index contributed by atoms with van der Waals surface area (Å²) in [6.45, 7) is 0. The normalized spacial score (nSPS) is 27.7. The van der Waals surface area contributed by atoms with Crippen molar-refractivity contribution in [1.29, 1.82) is 0 Å². The van der Waals surface area contributed by atoms with Gasteiger partial charge >= 0.3 is 0 Å². The third kappa shape index (κ3) is 2.04. The summed E-state index contributed by atoms with van der Waals surface area (Å²) in [5.74, 6) is 1.10. The van der Waals surface area contributed by atoms with Crippen LogP contribution in [0.1, 0.15) is 52.8 Å². The molecule has 146 valence electrons. The minimum absolute atomic E-state index is 0.120. The van der Waals surface area contributed by atoms with Gasteiger partial charge < -0.3 is 5.32 Å². The Morgan fingerprint density at radius 1 is 0.833 bits per heavy atom. The number of amides is 1. The van der Waals surface area contributed by atoms with E-state index in [4.69, 9.17) is 0 Å². The highest BCUT2D eigenvalue weighted by atomic mass is 32.1. The van der Waals surface area contributed by atoms with Gasteiger partial charge in [0, 0.05) is 5.92 Å². The Kier molecular flexibility index (Phi) is 3.24. The van der Waals surface area contributed by atoms with Crippen LogP contribution in [0, 0.1) is 5.41 Å². The van der Waals surface area contributed by atoms with Crippen LogP contribution in [-0.2, 0) is 4.79 Å². The molecule has 4 heteroatoms. The van der Waals surface area contributed by atoms with E-state index in [0.717, 1.165) is 23.1 Å². The number of para-hydroxylation sites is 1. The maximum absolute atomic E-state index is 13.9. The van der Waals surface area contributed by atoms with Crippen LogP contribution < -0.4 is 5.32 Å². The second-order valence-corrected chi connectivity index (χ2v) is 9.94. The third-order valence-corrected chi connectivity index (χ3v) is 8.54. The topological polar surface area (TPSA) is 42.0 Å². The van der Waals surface area contributed by atoms with E-state index in [1.54, 1.807) is 11.3 Å². The van der Waals surface area contributed by atoms with E-state index in [9.17, 15) is 4.79 Å². The molecule has 2 unspecified atom stereocenters. The van der Waals surface area contributed by atoms with Crippen LogP contribution in [0.4, 0.5) is 5.13 Å². The molecule has 4 aromatic rings. The molecule has 3 nitrogen and oxygen atoms in total. The molecule has 30 heavy (non-hydrogen) atoms. The quantitative estimate of drug-likeness (QED) is 0.439. The molecule has 0 spiro atoms. The first-order valence-electron chi connectivity index (χ1n) is 10.6. The van der Waals surface area contributed by atoms with Crippen molar-refractivity contribution in [2.45, 2.75) is 30.6 Å². The van der Waals surface area contributed by atoms with Gasteiger partial charge in [-0.3, -0.25) is 4.79 Å². The van der Waals surface area contributed by atoms with Crippen molar-refractivity contribution >= 4 is 32.6 Å². The lowest BCUT2D eigenvalue weighted by Crippen LogP contribution is -2.43. The van der Waals surface area contributed by atoms with Gasteiger partial charge in [0.25, 0.3) is 0 Å². The minimum Gasteiger partial charge on any atom is -0.301 e. The summed E-state index contributed by atoms with van der Waals surface area (Å²) < 4.78 is 1.11. The van der Waals surface area contributed by atoms with Crippen molar-refractivity contribution in [3.8, 4) is 0 Å². The average molecular weight is 409 g/mol. The molecule has 1 fully saturated rings. The number of carbonyl (C=O) groups is 1. The first kappa shape index (κ1) is 16.8. The average Bonchev–Trinajstić information content (AvgIpc) is 3.29. The molecule has 0 radical (unpaired) electrons. The molecule has 1 heterocycles. The zero-order chi connectivity index (χ0) is 19.9. The number of hydrogen-bond donors (Lipinski definition) is 1. The van der Waals surface area contributed by atoms with Crippen molar-refractivity contribution in [3.63, 3.8) is 0 Å². The fraction of sp³-hybridized carbons (Fsp3) is 0.231. The van der Waals surface area contributed by atoms with Gasteiger partial charge in [0.1, 0.15) is 0 Å². The van der Waals surface area contributed by atoms with Crippen LogP contribution in [0.15, 0.2) is 72.8 Å². The second kappa shape index (κ2) is 5.79. The summed E-state index contributed by atoms with van der Waals surface area (Å²) in [4.78, 5) is 18.6. The van der Waals surface area contributed by atoms with Gasteiger partial charge in [0.05, 0.1) is 15.6 Å². The number of hydrogen-bond acceptors (Lipinski definition) is 3. The van der Waals surface area contributed by atoms with Gasteiger partial charge in [0.15, 0.2) is 5.13 Å². The number of nitrogens with one attached hydrogen (secondary N) is 1. The molecule has 0 aliphatic heterocycles. The molecule has 3 aromatic carbocycles. The van der Waals surface area contributed by atoms with Crippen molar-refractivity contribution in [2.75, 3.05) is 5.32 Å². The van der Waals surface area contributed by atoms with E-state index in [1.165, 1.54) is 22.3 Å². The number of aromatic nitrogens is 1. The Balaban J connectivity index is 1.37. The molecule has 0 saturated heterocycles. The molecule has 1 N–H and O–H groups in total. The summed E-state index contributed by atoms with van der Waals surface area (Å²) in [7, 11) is 0. The number of nitrogens with zero attached hydrogens (tertiary/aromatic N) is 1. The Morgan fingerprint density at radius 3 is 2.03 bits per heavy atom. The highest BCUT2D eigenvalue weighted by molar-refractivity contribution is 7.22. The first-order chi connectivity index (χ1) is 14.7. The predicted molar refractivity (Wildman–Crippen MR) is 120 cm³/mol. The zero-order valence-corrected chi connectivity index (χ0v) is 17.2. The first-order valence-corrected chi connectivity index (χ1v) is 11.4. The number of fused-ring (bicyclic) bond motifs is 10. The van der Waals surface area contributed by atoms with Crippen LogP contribution in [0.5, 0.6) is 0 Å². The van der Waals surface area contributed by atoms with Gasteiger partial charge in [-0.1, -0.05) is 72.0 Å². The molecule has 7 rings (SSSR count). The maximum atomic E-state index is 13.9. The summed E-state index contributed by atoms with van der Waals surface area (Å²) in [5.41, 5.74) is 6.14. The Labute approximate surface area is 178 Å². The smallest absolute Gasteiger partial charge is 0.233 e. The van der Waals surface area contributed by atoms with Gasteiger partial charge in [-0.25, -0.2) is 4.98 Å². The van der Waals surface area contributed by atoms with Crippen LogP contribution >= 0.6 is 11.3 Å². The molecular formula is C26H20N2OS. The summed E-state index contributed by atoms with van der Waals surface area (Å²) in [6.07, 6.45) is 1.84. The molecule has 3 bridgehead atoms. The fourth-order valence-electron chi connectivity index (χ4n) is 6.49. The molecule has 1 amide bonds. The van der Waals surface area contributed by atoms with Crippen molar-refractivity contribution in [1.82, 2.24) is 4.98 Å². The Bertz CT molecular complexity index is 1250. The number of anilines is 1. The van der Waals surface area contributed by atoms with E-state index in [1.807, 2.05) is 18.2 Å². The fourth-order valence-corrected chi connectivity index (χ4v) is 7.35. The van der Waals surface area contributed by atoms with E-state index in [0.29, 0.717) is 17.0 Å². The van der Waals surface area contributed by atoms with Crippen molar-refractivity contribution in [2.24, 2.45) is 5.41 Å². The summed E-state index contributed by atoms with van der Waals surface area (Å²) >= 11 is 1.56. The standard InChI is InChI=1S/C26H20N2OS/c29-24(28-25-27-21-11-5-6-12-22(21)30-25)26-13-19-15-7-1-3-9-17(15)23(26)18-10-4-2-8-16(18)20(19)14-26/h1-12,19-20,23H,13-14H2,(H,27,28,29). The van der Waals surface area contributed by atoms with Gasteiger partial charge in [-0.05, 0) is 59.1 Å². The van der Waals surface area contributed by atoms with E-state index >= 15 is 0 Å². The van der Waals surface area contributed by atoms with Crippen LogP contribution in [0.3, 0.4) is 0 Å². The molecular weight excluding hydrogens is 388 g/mol. The number of thiazole rings is 1. The van der Waals surface area contributed by atoms with Crippen molar-refractivity contribution < 1.29 is 4.79 Å². The van der Waals surface area contributed by atoms with Crippen molar-refractivity contribution in [3.05, 3.63) is 95.1 Å². The molecule has 1 aromatic heterocycles. The largest absolute Gasteiger partial charge is 0.301 e. The Hall–Kier alpha value is -2.98. The second-order valence-electron chi connectivity index (χ2n) is 8.91. The van der Waals surface area contributed by atoms with Gasteiger partial charge in [-0.15, -0.1) is 0 Å². The summed E-state index contributed by atoms with van der Waals surface area (Å²) in [5, 5.41) is 3.94. The Morgan fingerprint density at radius 2 is 1.40 bits per heavy atom. The van der Waals surface area contributed by atoms with Crippen LogP contribution in [0.2, 0.25) is 0 Å².